The summed E-state index contributed by atoms with van der Waals surface area (Å²) in [5.41, 5.74) is 5.65. The zero-order valence-electron chi connectivity index (χ0n) is 11.2. The molecule has 1 heterocycles. The van der Waals surface area contributed by atoms with Crippen LogP contribution in [-0.4, -0.2) is 18.2 Å². The van der Waals surface area contributed by atoms with Crippen molar-refractivity contribution >= 4 is 27.3 Å². The number of rotatable bonds is 5. The molecule has 9 heteroatoms. The number of hydrogen-bond acceptors (Lipinski definition) is 4. The predicted molar refractivity (Wildman–Crippen MR) is 78.0 cm³/mol. The van der Waals surface area contributed by atoms with Crippen LogP contribution in [0.3, 0.4) is 0 Å². The van der Waals surface area contributed by atoms with E-state index < -0.39 is 20.7 Å². The number of aryl methyl sites for hydroxylation is 1. The molecule has 21 heavy (non-hydrogen) atoms. The smallest absolute Gasteiger partial charge is 0.264 e. The number of hydrogen-bond donors (Lipinski definition) is 2. The standard InChI is InChI=1S/C12H14ClFN4O2S/c1-2-18-7-10(6-16-18)17-21(19,20)11-4-9(13)3-8(5-15)12(11)14/h3-4,6-7,17H,2,5,15H2,1H3. The average Bonchev–Trinajstić information content (AvgIpc) is 2.87. The highest BCUT2D eigenvalue weighted by atomic mass is 35.5. The van der Waals surface area contributed by atoms with Gasteiger partial charge in [0.15, 0.2) is 0 Å². The van der Waals surface area contributed by atoms with E-state index in [-0.39, 0.29) is 22.8 Å². The largest absolute Gasteiger partial charge is 0.326 e. The highest BCUT2D eigenvalue weighted by Gasteiger charge is 2.22. The third-order valence-electron chi connectivity index (χ3n) is 2.80. The summed E-state index contributed by atoms with van der Waals surface area (Å²) in [6.07, 6.45) is 2.84. The van der Waals surface area contributed by atoms with Crippen molar-refractivity contribution in [1.29, 1.82) is 0 Å². The van der Waals surface area contributed by atoms with E-state index >= 15 is 0 Å². The van der Waals surface area contributed by atoms with Crippen molar-refractivity contribution in [3.63, 3.8) is 0 Å². The van der Waals surface area contributed by atoms with Gasteiger partial charge in [0.1, 0.15) is 10.7 Å². The van der Waals surface area contributed by atoms with Crippen LogP contribution >= 0.6 is 11.6 Å². The van der Waals surface area contributed by atoms with Crippen LogP contribution in [0.15, 0.2) is 29.4 Å². The SMILES string of the molecule is CCn1cc(NS(=O)(=O)c2cc(Cl)cc(CN)c2F)cn1. The van der Waals surface area contributed by atoms with Gasteiger partial charge in [0.05, 0.1) is 11.9 Å². The molecule has 0 spiro atoms. The van der Waals surface area contributed by atoms with Gasteiger partial charge < -0.3 is 5.73 Å². The van der Waals surface area contributed by atoms with Crippen LogP contribution in [0.4, 0.5) is 10.1 Å². The molecule has 1 aromatic carbocycles. The molecular weight excluding hydrogens is 319 g/mol. The van der Waals surface area contributed by atoms with E-state index in [0.29, 0.717) is 6.54 Å². The van der Waals surface area contributed by atoms with E-state index in [1.54, 1.807) is 0 Å². The molecule has 0 atom stereocenters. The van der Waals surface area contributed by atoms with Crippen molar-refractivity contribution in [2.24, 2.45) is 5.73 Å². The monoisotopic (exact) mass is 332 g/mol. The third-order valence-corrected chi connectivity index (χ3v) is 4.40. The van der Waals surface area contributed by atoms with Crippen molar-refractivity contribution in [3.05, 3.63) is 40.9 Å². The van der Waals surface area contributed by atoms with Crippen LogP contribution in [0.25, 0.3) is 0 Å². The van der Waals surface area contributed by atoms with Gasteiger partial charge in [-0.1, -0.05) is 11.6 Å². The number of aromatic nitrogens is 2. The Balaban J connectivity index is 2.42. The fraction of sp³-hybridized carbons (Fsp3) is 0.250. The van der Waals surface area contributed by atoms with Crippen LogP contribution in [0.1, 0.15) is 12.5 Å². The van der Waals surface area contributed by atoms with Gasteiger partial charge in [-0.05, 0) is 19.1 Å². The number of sulfonamides is 1. The topological polar surface area (TPSA) is 90.0 Å². The van der Waals surface area contributed by atoms with E-state index in [1.165, 1.54) is 23.1 Å². The number of halogens is 2. The fourth-order valence-corrected chi connectivity index (χ4v) is 3.24. The molecule has 0 unspecified atom stereocenters. The highest BCUT2D eigenvalue weighted by Crippen LogP contribution is 2.25. The molecule has 0 amide bonds. The molecule has 114 valence electrons. The lowest BCUT2D eigenvalue weighted by molar-refractivity contribution is 0.561. The molecular formula is C12H14ClFN4O2S. The van der Waals surface area contributed by atoms with Crippen LogP contribution in [0.5, 0.6) is 0 Å². The van der Waals surface area contributed by atoms with E-state index in [0.717, 1.165) is 6.07 Å². The van der Waals surface area contributed by atoms with Gasteiger partial charge in [0.2, 0.25) is 0 Å². The first-order valence-electron chi connectivity index (χ1n) is 6.10. The molecule has 2 rings (SSSR count). The minimum atomic E-state index is -4.11. The molecule has 0 aliphatic rings. The first kappa shape index (κ1) is 15.7. The summed E-state index contributed by atoms with van der Waals surface area (Å²) in [6, 6.07) is 2.34. The summed E-state index contributed by atoms with van der Waals surface area (Å²) in [5.74, 6) is -0.905. The number of anilines is 1. The molecule has 3 N–H and O–H groups in total. The molecule has 0 saturated carbocycles. The van der Waals surface area contributed by atoms with E-state index in [9.17, 15) is 12.8 Å². The Labute approximate surface area is 126 Å². The Morgan fingerprint density at radius 2 is 2.19 bits per heavy atom. The first-order chi connectivity index (χ1) is 9.87. The Morgan fingerprint density at radius 3 is 2.76 bits per heavy atom. The normalized spacial score (nSPS) is 11.6. The van der Waals surface area contributed by atoms with Gasteiger partial charge in [-0.15, -0.1) is 0 Å². The van der Waals surface area contributed by atoms with E-state index in [4.69, 9.17) is 17.3 Å². The summed E-state index contributed by atoms with van der Waals surface area (Å²) < 4.78 is 42.4. The summed E-state index contributed by atoms with van der Waals surface area (Å²) in [4.78, 5) is -0.542. The summed E-state index contributed by atoms with van der Waals surface area (Å²) >= 11 is 5.81. The van der Waals surface area contributed by atoms with E-state index in [1.807, 2.05) is 6.92 Å². The van der Waals surface area contributed by atoms with Gasteiger partial charge in [-0.25, -0.2) is 12.8 Å². The molecule has 0 fully saturated rings. The summed E-state index contributed by atoms with van der Waals surface area (Å²) in [6.45, 7) is 2.29. The maximum absolute atomic E-state index is 14.1. The van der Waals surface area contributed by atoms with Crippen LogP contribution in [0, 0.1) is 5.82 Å². The maximum Gasteiger partial charge on any atom is 0.264 e. The zero-order chi connectivity index (χ0) is 15.6. The van der Waals surface area contributed by atoms with Crippen LogP contribution in [-0.2, 0) is 23.1 Å². The molecule has 6 nitrogen and oxygen atoms in total. The number of nitrogens with two attached hydrogens (primary N) is 1. The Bertz CT molecular complexity index is 761. The van der Waals surface area contributed by atoms with Crippen molar-refractivity contribution in [2.45, 2.75) is 24.9 Å². The highest BCUT2D eigenvalue weighted by molar-refractivity contribution is 7.92. The van der Waals surface area contributed by atoms with Gasteiger partial charge in [0, 0.05) is 29.9 Å². The lowest BCUT2D eigenvalue weighted by Crippen LogP contribution is -2.16. The minimum absolute atomic E-state index is 0.0344. The van der Waals surface area contributed by atoms with Gasteiger partial charge in [-0.3, -0.25) is 9.40 Å². The predicted octanol–water partition coefficient (Wildman–Crippen LogP) is 1.96. The van der Waals surface area contributed by atoms with Crippen molar-refractivity contribution in [2.75, 3.05) is 4.72 Å². The minimum Gasteiger partial charge on any atom is -0.326 e. The van der Waals surface area contributed by atoms with Gasteiger partial charge >= 0.3 is 0 Å². The molecule has 0 aliphatic carbocycles. The van der Waals surface area contributed by atoms with Crippen LogP contribution in [0.2, 0.25) is 5.02 Å². The Hall–Kier alpha value is -1.64. The van der Waals surface area contributed by atoms with Crippen molar-refractivity contribution in [3.8, 4) is 0 Å². The number of nitrogens with zero attached hydrogens (tertiary/aromatic N) is 2. The summed E-state index contributed by atoms with van der Waals surface area (Å²) in [5, 5.41) is 4.03. The Kier molecular flexibility index (Phi) is 4.50. The molecule has 1 aromatic heterocycles. The molecule has 0 saturated heterocycles. The van der Waals surface area contributed by atoms with Gasteiger partial charge in [-0.2, -0.15) is 5.10 Å². The summed E-state index contributed by atoms with van der Waals surface area (Å²) in [7, 11) is -4.11. The average molecular weight is 333 g/mol. The molecule has 0 radical (unpaired) electrons. The van der Waals surface area contributed by atoms with Crippen molar-refractivity contribution in [1.82, 2.24) is 9.78 Å². The number of benzene rings is 1. The molecule has 0 aliphatic heterocycles. The van der Waals surface area contributed by atoms with Crippen molar-refractivity contribution < 1.29 is 12.8 Å². The quantitative estimate of drug-likeness (QED) is 0.875. The second kappa shape index (κ2) is 6.00. The lowest BCUT2D eigenvalue weighted by Gasteiger charge is -2.10. The maximum atomic E-state index is 14.1. The molecule has 0 bridgehead atoms. The second-order valence-corrected chi connectivity index (χ2v) is 6.36. The fourth-order valence-electron chi connectivity index (χ4n) is 1.76. The van der Waals surface area contributed by atoms with Crippen LogP contribution < -0.4 is 10.5 Å². The van der Waals surface area contributed by atoms with E-state index in [2.05, 4.69) is 9.82 Å². The molecule has 2 aromatic rings. The second-order valence-electron chi connectivity index (χ2n) is 4.27. The zero-order valence-corrected chi connectivity index (χ0v) is 12.7. The number of nitrogens with one attached hydrogen (secondary N) is 1. The first-order valence-corrected chi connectivity index (χ1v) is 7.96. The third kappa shape index (κ3) is 3.34. The Morgan fingerprint density at radius 1 is 1.48 bits per heavy atom. The van der Waals surface area contributed by atoms with Gasteiger partial charge in [0.25, 0.3) is 10.0 Å². The lowest BCUT2D eigenvalue weighted by atomic mass is 10.2.